The summed E-state index contributed by atoms with van der Waals surface area (Å²) in [6.45, 7) is 10.6. The van der Waals surface area contributed by atoms with Crippen LogP contribution in [0.3, 0.4) is 0 Å². The van der Waals surface area contributed by atoms with Gasteiger partial charge in [-0.25, -0.2) is 9.78 Å². The van der Waals surface area contributed by atoms with E-state index in [0.29, 0.717) is 0 Å². The number of ketones is 2. The van der Waals surface area contributed by atoms with Crippen molar-refractivity contribution in [2.24, 2.45) is 11.8 Å². The van der Waals surface area contributed by atoms with Crippen LogP contribution < -0.4 is 4.74 Å². The molecule has 75 heavy (non-hydrogen) atoms. The van der Waals surface area contributed by atoms with Gasteiger partial charge in [0.25, 0.3) is 0 Å². The van der Waals surface area contributed by atoms with Crippen molar-refractivity contribution in [2.45, 2.75) is 228 Å². The van der Waals surface area contributed by atoms with Gasteiger partial charge < -0.3 is 98.8 Å². The molecule has 0 unspecified atom stereocenters. The Morgan fingerprint density at radius 1 is 0.640 bits per heavy atom. The molecule has 0 aromatic heterocycles. The number of Topliss-reactive ketones (excluding diaryl/α,β-unsaturated/α-hetero) is 2. The maximum Gasteiger partial charge on any atom is 0.202 e. The molecule has 8 rings (SSSR count). The zero-order valence-corrected chi connectivity index (χ0v) is 43.1. The Bertz CT molecular complexity index is 2290. The van der Waals surface area contributed by atoms with E-state index >= 15 is 4.79 Å². The molecule has 0 radical (unpaired) electrons. The standard InChI is InChI=1S/C51H74O24/c1-17-29(71-36-15-31(45(59)22(6)69-36)72-34-12-27(53)43(57)19(3)67-34)11-25-9-24-10-26(51(65-8)50(64)42(56)18(2)52)40(49(63)39(24)48(62)38(25)41(17)55)30-14-33(47(61)21(5)66-30)74-75-37-16-32(46(60)23(7)70-37)73-35-13-28(54)44(58)20(4)68-35/h9,11,18-23,26-28,30-37,40,42-47,51-62H,10,12-16H2,1-8H3/t18-,19+,20+,21+,22+,23+,26+,27+,28-,30+,31+,32+,33+,34-,35-,36-,37-,40-,42+,43+,44+,45+,46-,47+,51-/m0/s1. The number of fused-ring (bicyclic) bond motifs is 2. The molecule has 0 saturated carbocycles. The highest BCUT2D eigenvalue weighted by molar-refractivity contribution is 6.10. The third-order valence-electron chi connectivity index (χ3n) is 15.8. The second-order valence-corrected chi connectivity index (χ2v) is 21.1. The fourth-order valence-corrected chi connectivity index (χ4v) is 11.3. The first-order chi connectivity index (χ1) is 35.4. The molecule has 25 atom stereocenters. The van der Waals surface area contributed by atoms with E-state index in [1.807, 2.05) is 0 Å². The summed E-state index contributed by atoms with van der Waals surface area (Å²) in [6.07, 6.45) is -26.5. The van der Waals surface area contributed by atoms with E-state index < -0.39 is 176 Å². The van der Waals surface area contributed by atoms with Crippen LogP contribution in [0, 0.1) is 18.8 Å². The Morgan fingerprint density at radius 2 is 1.15 bits per heavy atom. The molecule has 24 heteroatoms. The number of phenolic OH excluding ortho intramolecular Hbond substituents is 2. The Labute approximate surface area is 432 Å². The lowest BCUT2D eigenvalue weighted by Crippen LogP contribution is -2.57. The van der Waals surface area contributed by atoms with Crippen molar-refractivity contribution < 1.29 is 118 Å². The Kier molecular flexibility index (Phi) is 18.2. The van der Waals surface area contributed by atoms with E-state index in [9.17, 15) is 61.0 Å². The van der Waals surface area contributed by atoms with Gasteiger partial charge in [-0.1, -0.05) is 0 Å². The van der Waals surface area contributed by atoms with Crippen LogP contribution in [0.1, 0.15) is 95.1 Å². The van der Waals surface area contributed by atoms with Crippen LogP contribution in [-0.2, 0) is 58.9 Å². The number of hydrogen-bond acceptors (Lipinski definition) is 24. The highest BCUT2D eigenvalue weighted by atomic mass is 17.2. The minimum atomic E-state index is -1.93. The average molecular weight is 1070 g/mol. The zero-order valence-electron chi connectivity index (χ0n) is 43.1. The largest absolute Gasteiger partial charge is 0.507 e. The molecular weight excluding hydrogens is 997 g/mol. The molecule has 5 aliphatic heterocycles. The van der Waals surface area contributed by atoms with Gasteiger partial charge in [0, 0.05) is 50.7 Å². The van der Waals surface area contributed by atoms with E-state index in [-0.39, 0.29) is 71.7 Å². The van der Waals surface area contributed by atoms with E-state index in [4.69, 9.17) is 52.4 Å². The third kappa shape index (κ3) is 11.9. The molecule has 5 saturated heterocycles. The number of hydrogen-bond donors (Lipinski definition) is 11. The second kappa shape index (κ2) is 23.6. The summed E-state index contributed by atoms with van der Waals surface area (Å²) < 4.78 is 53.7. The SMILES string of the molecule is CO[C@H](C(=O)[C@H](O)[C@H](C)O)[C@@H]1Cc2cc3cc(O[C@H]4C[C@@H](O[C@H]5C[C@@H](O)[C@H](O)[C@@H](C)O5)[C@H](O)[C@@H](C)O4)c(C)c(O)c3c(O)c2C(=O)[C@@H]1[C@H]1C[C@@H](OO[C@H]2C[C@@H](O[C@H]3C[C@H](O)[C@H](O)[C@@H](C)O3)[C@@H](O)[C@@H](C)O2)[C@H](O)[C@@H](C)O1. The van der Waals surface area contributed by atoms with Gasteiger partial charge in [0.15, 0.2) is 30.4 Å². The summed E-state index contributed by atoms with van der Waals surface area (Å²) in [5.41, 5.74) is 0.160. The summed E-state index contributed by atoms with van der Waals surface area (Å²) >= 11 is 0. The van der Waals surface area contributed by atoms with Gasteiger partial charge in [0.1, 0.15) is 66.1 Å². The highest BCUT2D eigenvalue weighted by Crippen LogP contribution is 2.49. The lowest BCUT2D eigenvalue weighted by molar-refractivity contribution is -0.438. The van der Waals surface area contributed by atoms with E-state index in [1.165, 1.54) is 33.9 Å². The number of rotatable bonds is 15. The van der Waals surface area contributed by atoms with Crippen molar-refractivity contribution >= 4 is 22.3 Å². The van der Waals surface area contributed by atoms with Gasteiger partial charge in [0.2, 0.25) is 6.29 Å². The van der Waals surface area contributed by atoms with Crippen LogP contribution in [0.25, 0.3) is 10.8 Å². The molecule has 5 heterocycles. The number of aromatic hydroxyl groups is 2. The average Bonchev–Trinajstić information content (AvgIpc) is 3.34. The van der Waals surface area contributed by atoms with Crippen LogP contribution >= 0.6 is 0 Å². The summed E-state index contributed by atoms with van der Waals surface area (Å²) in [5.74, 6) is -5.13. The van der Waals surface area contributed by atoms with Gasteiger partial charge in [0.05, 0.1) is 84.0 Å². The molecule has 1 aliphatic carbocycles. The second-order valence-electron chi connectivity index (χ2n) is 21.1. The Balaban J connectivity index is 1.05. The molecule has 2 aromatic rings. The topological polar surface area (TPSA) is 358 Å². The van der Waals surface area contributed by atoms with E-state index in [0.717, 1.165) is 0 Å². The smallest absolute Gasteiger partial charge is 0.202 e. The van der Waals surface area contributed by atoms with Crippen molar-refractivity contribution in [3.8, 4) is 17.2 Å². The predicted octanol–water partition coefficient (Wildman–Crippen LogP) is -0.434. The number of aliphatic hydroxyl groups excluding tert-OH is 9. The lowest BCUT2D eigenvalue weighted by Gasteiger charge is -2.45. The van der Waals surface area contributed by atoms with Gasteiger partial charge in [-0.15, -0.1) is 0 Å². The number of carbonyl (C=O) groups is 2. The Morgan fingerprint density at radius 3 is 1.69 bits per heavy atom. The van der Waals surface area contributed by atoms with Gasteiger partial charge in [-0.2, -0.15) is 0 Å². The summed E-state index contributed by atoms with van der Waals surface area (Å²) in [6, 6.07) is 3.06. The maximum absolute atomic E-state index is 15.2. The van der Waals surface area contributed by atoms with Gasteiger partial charge >= 0.3 is 0 Å². The predicted molar refractivity (Wildman–Crippen MR) is 254 cm³/mol. The molecule has 422 valence electrons. The number of aliphatic hydroxyl groups is 9. The lowest BCUT2D eigenvalue weighted by atomic mass is 9.67. The maximum atomic E-state index is 15.2. The minimum Gasteiger partial charge on any atom is -0.507 e. The molecular formula is C51H74O24. The zero-order chi connectivity index (χ0) is 54.6. The molecule has 11 N–H and O–H groups in total. The monoisotopic (exact) mass is 1070 g/mol. The van der Waals surface area contributed by atoms with Crippen molar-refractivity contribution in [3.63, 3.8) is 0 Å². The molecule has 0 bridgehead atoms. The minimum absolute atomic E-state index is 0.0342. The Hall–Kier alpha value is -3.32. The molecule has 6 aliphatic rings. The summed E-state index contributed by atoms with van der Waals surface area (Å²) in [4.78, 5) is 40.8. The van der Waals surface area contributed by atoms with Crippen LogP contribution in [0.5, 0.6) is 17.2 Å². The van der Waals surface area contributed by atoms with Crippen LogP contribution in [0.4, 0.5) is 0 Å². The van der Waals surface area contributed by atoms with Crippen molar-refractivity contribution in [3.05, 3.63) is 28.8 Å². The first kappa shape index (κ1) is 57.8. The molecule has 5 fully saturated rings. The van der Waals surface area contributed by atoms with Crippen LogP contribution in [0.2, 0.25) is 0 Å². The third-order valence-corrected chi connectivity index (χ3v) is 15.8. The van der Waals surface area contributed by atoms with Crippen LogP contribution in [-0.4, -0.2) is 216 Å². The summed E-state index contributed by atoms with van der Waals surface area (Å²) in [7, 11) is 1.20. The first-order valence-electron chi connectivity index (χ1n) is 25.7. The number of methoxy groups -OCH3 is 1. The molecule has 0 amide bonds. The van der Waals surface area contributed by atoms with Crippen molar-refractivity contribution in [1.82, 2.24) is 0 Å². The summed E-state index contributed by atoms with van der Waals surface area (Å²) in [5, 5.41) is 120. The molecule has 2 aromatic carbocycles. The van der Waals surface area contributed by atoms with Crippen molar-refractivity contribution in [2.75, 3.05) is 7.11 Å². The molecule has 24 nitrogen and oxygen atoms in total. The highest BCUT2D eigenvalue weighted by Gasteiger charge is 2.53. The number of ether oxygens (including phenoxy) is 9. The fraction of sp³-hybridized carbons (Fsp3) is 0.765. The number of benzene rings is 2. The van der Waals surface area contributed by atoms with Crippen molar-refractivity contribution in [1.29, 1.82) is 0 Å². The van der Waals surface area contributed by atoms with E-state index in [2.05, 4.69) is 0 Å². The quantitative estimate of drug-likeness (QED) is 0.0796. The van der Waals surface area contributed by atoms with Gasteiger partial charge in [-0.3, -0.25) is 9.59 Å². The van der Waals surface area contributed by atoms with Crippen LogP contribution in [0.15, 0.2) is 12.1 Å². The first-order valence-corrected chi connectivity index (χ1v) is 25.7. The molecule has 0 spiro atoms. The number of carbonyl (C=O) groups excluding carboxylic acids is 2. The number of phenols is 2. The van der Waals surface area contributed by atoms with Gasteiger partial charge in [-0.05, 0) is 78.0 Å². The van der Waals surface area contributed by atoms with E-state index in [1.54, 1.807) is 33.8 Å². The normalized spacial score (nSPS) is 41.9. The fourth-order valence-electron chi connectivity index (χ4n) is 11.3.